The molecule has 9 heteroatoms. The monoisotopic (exact) mass is 405 g/mol. The molecule has 0 fully saturated rings. The maximum atomic E-state index is 12.2. The third-order valence-electron chi connectivity index (χ3n) is 4.47. The maximum Gasteiger partial charge on any atom is 0.275 e. The van der Waals surface area contributed by atoms with Gasteiger partial charge in [0.25, 0.3) is 5.91 Å². The van der Waals surface area contributed by atoms with Crippen LogP contribution in [0.15, 0.2) is 48.9 Å². The number of aromatic nitrogens is 4. The number of nitrogens with zero attached hydrogens (tertiary/aromatic N) is 3. The second-order valence-electron chi connectivity index (χ2n) is 6.40. The molecule has 30 heavy (non-hydrogen) atoms. The van der Waals surface area contributed by atoms with Gasteiger partial charge in [0.2, 0.25) is 0 Å². The number of carbonyl (C=O) groups excluding carboxylic acids is 1. The number of fused-ring (bicyclic) bond motifs is 1. The molecule has 0 atom stereocenters. The fraction of sp³-hybridized carbons (Fsp3) is 0.143. The van der Waals surface area contributed by atoms with Gasteiger partial charge in [-0.3, -0.25) is 14.9 Å². The van der Waals surface area contributed by atoms with Crippen LogP contribution in [0.5, 0.6) is 23.0 Å². The number of rotatable bonds is 6. The fourth-order valence-corrected chi connectivity index (χ4v) is 2.93. The summed E-state index contributed by atoms with van der Waals surface area (Å²) < 4.78 is 16.7. The Kier molecular flexibility index (Phi) is 5.17. The van der Waals surface area contributed by atoms with Crippen LogP contribution in [-0.4, -0.2) is 40.3 Å². The first-order chi connectivity index (χ1) is 14.6. The van der Waals surface area contributed by atoms with Crippen LogP contribution in [0.25, 0.3) is 10.9 Å². The number of ether oxygens (including phenoxy) is 3. The molecule has 2 N–H and O–H groups in total. The Balaban J connectivity index is 1.55. The molecule has 0 aliphatic rings. The molecule has 0 spiro atoms. The second-order valence-corrected chi connectivity index (χ2v) is 6.40. The standard InChI is InChI=1S/C21H19N5O4/c1-12-10-24-26-20(12)21(27)25-19-5-4-13(11-23-19)30-16-6-7-22-15-9-18(29-3)17(28-2)8-14(15)16/h4-11H,1-3H3,(H,24,26)(H,23,25,27). The van der Waals surface area contributed by atoms with Gasteiger partial charge in [-0.05, 0) is 36.8 Å². The van der Waals surface area contributed by atoms with Crippen LogP contribution < -0.4 is 19.5 Å². The van der Waals surface area contributed by atoms with Gasteiger partial charge in [0.15, 0.2) is 11.5 Å². The first kappa shape index (κ1) is 19.2. The number of hydrogen-bond acceptors (Lipinski definition) is 7. The van der Waals surface area contributed by atoms with E-state index in [1.807, 2.05) is 6.07 Å². The lowest BCUT2D eigenvalue weighted by atomic mass is 10.2. The third-order valence-corrected chi connectivity index (χ3v) is 4.47. The SMILES string of the molecule is COc1cc2nccc(Oc3ccc(NC(=O)c4[nH]ncc4C)nc3)c2cc1OC. The molecule has 1 aromatic carbocycles. The second kappa shape index (κ2) is 8.08. The number of amides is 1. The molecular formula is C21H19N5O4. The van der Waals surface area contributed by atoms with Gasteiger partial charge in [0.1, 0.15) is 23.0 Å². The van der Waals surface area contributed by atoms with E-state index in [0.29, 0.717) is 40.0 Å². The summed E-state index contributed by atoms with van der Waals surface area (Å²) in [6.07, 6.45) is 4.77. The van der Waals surface area contributed by atoms with Gasteiger partial charge in [-0.1, -0.05) is 0 Å². The predicted octanol–water partition coefficient (Wildman–Crippen LogP) is 3.72. The van der Waals surface area contributed by atoms with E-state index in [9.17, 15) is 4.79 Å². The number of benzene rings is 1. The Labute approximate surface area is 172 Å². The van der Waals surface area contributed by atoms with Crippen molar-refractivity contribution in [2.45, 2.75) is 6.92 Å². The summed E-state index contributed by atoms with van der Waals surface area (Å²) in [5.74, 6) is 2.34. The van der Waals surface area contributed by atoms with Gasteiger partial charge in [-0.15, -0.1) is 0 Å². The van der Waals surface area contributed by atoms with E-state index in [1.165, 1.54) is 6.20 Å². The van der Waals surface area contributed by atoms with Gasteiger partial charge in [0.05, 0.1) is 32.1 Å². The van der Waals surface area contributed by atoms with E-state index in [1.54, 1.807) is 57.8 Å². The minimum Gasteiger partial charge on any atom is -0.493 e. The van der Waals surface area contributed by atoms with Gasteiger partial charge in [0, 0.05) is 17.6 Å². The van der Waals surface area contributed by atoms with Crippen LogP contribution in [-0.2, 0) is 0 Å². The van der Waals surface area contributed by atoms with Gasteiger partial charge in [-0.25, -0.2) is 4.98 Å². The van der Waals surface area contributed by atoms with E-state index in [-0.39, 0.29) is 5.91 Å². The first-order valence-corrected chi connectivity index (χ1v) is 9.05. The highest BCUT2D eigenvalue weighted by molar-refractivity contribution is 6.03. The zero-order valence-corrected chi connectivity index (χ0v) is 16.6. The Morgan fingerprint density at radius 2 is 1.80 bits per heavy atom. The number of hydrogen-bond donors (Lipinski definition) is 2. The Morgan fingerprint density at radius 1 is 1.00 bits per heavy atom. The summed E-state index contributed by atoms with van der Waals surface area (Å²) in [6, 6.07) is 8.73. The van der Waals surface area contributed by atoms with E-state index < -0.39 is 0 Å². The number of nitrogens with one attached hydrogen (secondary N) is 2. The lowest BCUT2D eigenvalue weighted by Crippen LogP contribution is -2.14. The minimum atomic E-state index is -0.313. The summed E-state index contributed by atoms with van der Waals surface area (Å²) in [4.78, 5) is 20.9. The van der Waals surface area contributed by atoms with E-state index in [4.69, 9.17) is 14.2 Å². The van der Waals surface area contributed by atoms with Crippen LogP contribution in [0.2, 0.25) is 0 Å². The van der Waals surface area contributed by atoms with Crippen LogP contribution in [0, 0.1) is 6.92 Å². The summed E-state index contributed by atoms with van der Waals surface area (Å²) in [6.45, 7) is 1.80. The van der Waals surface area contributed by atoms with Crippen molar-refractivity contribution in [3.8, 4) is 23.0 Å². The normalized spacial score (nSPS) is 10.6. The summed E-state index contributed by atoms with van der Waals surface area (Å²) >= 11 is 0. The zero-order chi connectivity index (χ0) is 21.1. The number of pyridine rings is 2. The molecule has 0 radical (unpaired) electrons. The summed E-state index contributed by atoms with van der Waals surface area (Å²) in [7, 11) is 3.14. The van der Waals surface area contributed by atoms with Crippen molar-refractivity contribution < 1.29 is 19.0 Å². The molecule has 4 aromatic rings. The van der Waals surface area contributed by atoms with Crippen LogP contribution in [0.4, 0.5) is 5.82 Å². The smallest absolute Gasteiger partial charge is 0.275 e. The molecule has 0 unspecified atom stereocenters. The minimum absolute atomic E-state index is 0.313. The third kappa shape index (κ3) is 3.72. The van der Waals surface area contributed by atoms with Gasteiger partial charge >= 0.3 is 0 Å². The van der Waals surface area contributed by atoms with Crippen LogP contribution in [0.1, 0.15) is 16.1 Å². The average molecular weight is 405 g/mol. The van der Waals surface area contributed by atoms with Crippen molar-refractivity contribution in [3.63, 3.8) is 0 Å². The number of methoxy groups -OCH3 is 2. The molecule has 0 aliphatic carbocycles. The topological polar surface area (TPSA) is 111 Å². The predicted molar refractivity (Wildman–Crippen MR) is 110 cm³/mol. The van der Waals surface area contributed by atoms with Crippen molar-refractivity contribution >= 4 is 22.6 Å². The number of aromatic amines is 1. The van der Waals surface area contributed by atoms with Gasteiger partial charge < -0.3 is 19.5 Å². The largest absolute Gasteiger partial charge is 0.493 e. The molecular weight excluding hydrogens is 386 g/mol. The number of carbonyl (C=O) groups is 1. The molecule has 0 aliphatic heterocycles. The fourth-order valence-electron chi connectivity index (χ4n) is 2.93. The first-order valence-electron chi connectivity index (χ1n) is 9.05. The van der Waals surface area contributed by atoms with Crippen molar-refractivity contribution in [2.75, 3.05) is 19.5 Å². The molecule has 1 amide bonds. The number of anilines is 1. The Morgan fingerprint density at radius 3 is 2.47 bits per heavy atom. The van der Waals surface area contributed by atoms with E-state index in [0.717, 1.165) is 10.9 Å². The highest BCUT2D eigenvalue weighted by Crippen LogP contribution is 2.36. The highest BCUT2D eigenvalue weighted by Gasteiger charge is 2.13. The molecule has 152 valence electrons. The highest BCUT2D eigenvalue weighted by atomic mass is 16.5. The van der Waals surface area contributed by atoms with Gasteiger partial charge in [-0.2, -0.15) is 5.10 Å². The Hall–Kier alpha value is -4.14. The number of H-pyrrole nitrogens is 1. The molecule has 3 heterocycles. The molecule has 9 nitrogen and oxygen atoms in total. The average Bonchev–Trinajstić information content (AvgIpc) is 3.20. The lowest BCUT2D eigenvalue weighted by Gasteiger charge is -2.12. The van der Waals surface area contributed by atoms with E-state index >= 15 is 0 Å². The summed E-state index contributed by atoms with van der Waals surface area (Å²) in [5.41, 5.74) is 1.85. The molecule has 0 bridgehead atoms. The molecule has 3 aromatic heterocycles. The van der Waals surface area contributed by atoms with Crippen LogP contribution >= 0.6 is 0 Å². The van der Waals surface area contributed by atoms with Crippen molar-refractivity contribution in [1.82, 2.24) is 20.2 Å². The Bertz CT molecular complexity index is 1200. The van der Waals surface area contributed by atoms with Crippen LogP contribution in [0.3, 0.4) is 0 Å². The van der Waals surface area contributed by atoms with Crippen molar-refractivity contribution in [2.24, 2.45) is 0 Å². The maximum absolute atomic E-state index is 12.2. The van der Waals surface area contributed by atoms with Crippen molar-refractivity contribution in [1.29, 1.82) is 0 Å². The zero-order valence-electron chi connectivity index (χ0n) is 16.6. The van der Waals surface area contributed by atoms with Crippen molar-refractivity contribution in [3.05, 3.63) is 60.2 Å². The molecule has 4 rings (SSSR count). The lowest BCUT2D eigenvalue weighted by molar-refractivity contribution is 0.102. The summed E-state index contributed by atoms with van der Waals surface area (Å²) in [5, 5.41) is 9.99. The number of aryl methyl sites for hydroxylation is 1. The van der Waals surface area contributed by atoms with E-state index in [2.05, 4.69) is 25.5 Å². The quantitative estimate of drug-likeness (QED) is 0.503. The molecule has 0 saturated carbocycles. The molecule has 0 saturated heterocycles.